The van der Waals surface area contributed by atoms with Crippen LogP contribution < -0.4 is 10.1 Å². The lowest BCUT2D eigenvalue weighted by molar-refractivity contribution is 0.0952. The maximum absolute atomic E-state index is 11.9. The van der Waals surface area contributed by atoms with Crippen molar-refractivity contribution in [2.24, 2.45) is 0 Å². The maximum Gasteiger partial charge on any atom is 0.273 e. The van der Waals surface area contributed by atoms with E-state index in [0.29, 0.717) is 18.2 Å². The van der Waals surface area contributed by atoms with Crippen molar-refractivity contribution in [1.29, 1.82) is 0 Å². The van der Waals surface area contributed by atoms with Gasteiger partial charge in [-0.2, -0.15) is 0 Å². The zero-order valence-corrected chi connectivity index (χ0v) is 13.3. The highest BCUT2D eigenvalue weighted by Gasteiger charge is 2.12. The maximum atomic E-state index is 11.9. The van der Waals surface area contributed by atoms with Crippen LogP contribution in [0.5, 0.6) is 5.75 Å². The summed E-state index contributed by atoms with van der Waals surface area (Å²) in [5.41, 5.74) is 1.84. The van der Waals surface area contributed by atoms with Crippen molar-refractivity contribution in [3.63, 3.8) is 0 Å². The molecule has 122 valence electrons. The summed E-state index contributed by atoms with van der Waals surface area (Å²) in [4.78, 5) is 20.3. The minimum atomic E-state index is -0.306. The number of hydrogen-bond acceptors (Lipinski definition) is 5. The van der Waals surface area contributed by atoms with Crippen molar-refractivity contribution < 1.29 is 13.9 Å². The topological polar surface area (TPSA) is 77.2 Å². The molecule has 0 atom stereocenters. The Labute approximate surface area is 139 Å². The summed E-state index contributed by atoms with van der Waals surface area (Å²) in [6.07, 6.45) is 3.03. The van der Waals surface area contributed by atoms with Crippen LogP contribution in [0.2, 0.25) is 0 Å². The molecule has 1 aromatic carbocycles. The quantitative estimate of drug-likeness (QED) is 0.705. The van der Waals surface area contributed by atoms with Crippen LogP contribution in [0, 0.1) is 0 Å². The van der Waals surface area contributed by atoms with E-state index in [-0.39, 0.29) is 18.2 Å². The average molecular weight is 323 g/mol. The van der Waals surface area contributed by atoms with Crippen LogP contribution in [0.4, 0.5) is 0 Å². The molecular weight excluding hydrogens is 306 g/mol. The van der Waals surface area contributed by atoms with Crippen molar-refractivity contribution in [1.82, 2.24) is 15.3 Å². The number of ether oxygens (including phenoxy) is 1. The van der Waals surface area contributed by atoms with Gasteiger partial charge in [-0.05, 0) is 19.1 Å². The monoisotopic (exact) mass is 323 g/mol. The van der Waals surface area contributed by atoms with Crippen molar-refractivity contribution in [3.05, 3.63) is 66.5 Å². The Balaban J connectivity index is 1.67. The smallest absolute Gasteiger partial charge is 0.273 e. The molecule has 24 heavy (non-hydrogen) atoms. The van der Waals surface area contributed by atoms with E-state index in [1.807, 2.05) is 37.3 Å². The minimum absolute atomic E-state index is 0.115. The van der Waals surface area contributed by atoms with Gasteiger partial charge in [0.1, 0.15) is 17.5 Å². The minimum Gasteiger partial charge on any atom is -0.482 e. The number of fused-ring (bicyclic) bond motifs is 1. The molecule has 0 aliphatic rings. The van der Waals surface area contributed by atoms with Crippen LogP contribution >= 0.6 is 0 Å². The summed E-state index contributed by atoms with van der Waals surface area (Å²) in [5, 5.41) is 3.69. The van der Waals surface area contributed by atoms with Gasteiger partial charge >= 0.3 is 0 Å². The third-order valence-electron chi connectivity index (χ3n) is 3.28. The van der Waals surface area contributed by atoms with E-state index in [9.17, 15) is 4.79 Å². The number of pyridine rings is 1. The molecule has 0 saturated carbocycles. The number of carbonyl (C=O) groups excluding carboxylic acids is 1. The second-order valence-corrected chi connectivity index (χ2v) is 5.39. The number of oxazole rings is 1. The second-order valence-electron chi connectivity index (χ2n) is 5.39. The van der Waals surface area contributed by atoms with Crippen molar-refractivity contribution in [3.8, 4) is 5.75 Å². The molecular formula is C18H17N3O3. The van der Waals surface area contributed by atoms with Crippen LogP contribution in [0.3, 0.4) is 0 Å². The Morgan fingerprint density at radius 3 is 3.00 bits per heavy atom. The second kappa shape index (κ2) is 6.95. The van der Waals surface area contributed by atoms with E-state index in [1.54, 1.807) is 6.20 Å². The normalized spacial score (nSPS) is 10.5. The predicted octanol–water partition coefficient (Wildman–Crippen LogP) is 3.11. The largest absolute Gasteiger partial charge is 0.482 e. The molecule has 6 nitrogen and oxygen atoms in total. The number of nitrogens with zero attached hydrogens (tertiary/aromatic N) is 2. The number of carbonyl (C=O) groups is 1. The third kappa shape index (κ3) is 3.60. The van der Waals surface area contributed by atoms with E-state index in [4.69, 9.17) is 9.15 Å². The molecule has 2 heterocycles. The van der Waals surface area contributed by atoms with E-state index in [2.05, 4.69) is 21.9 Å². The van der Waals surface area contributed by atoms with Gasteiger partial charge in [-0.15, -0.1) is 0 Å². The van der Waals surface area contributed by atoms with Gasteiger partial charge in [-0.1, -0.05) is 30.4 Å². The van der Waals surface area contributed by atoms with Crippen LogP contribution in [-0.4, -0.2) is 22.4 Å². The van der Waals surface area contributed by atoms with E-state index in [0.717, 1.165) is 16.5 Å². The number of para-hydroxylation sites is 1. The number of benzene rings is 1. The molecule has 0 radical (unpaired) electrons. The molecule has 0 aliphatic heterocycles. The van der Waals surface area contributed by atoms with Gasteiger partial charge in [-0.3, -0.25) is 9.78 Å². The van der Waals surface area contributed by atoms with E-state index in [1.165, 1.54) is 6.26 Å². The molecule has 0 unspecified atom stereocenters. The summed E-state index contributed by atoms with van der Waals surface area (Å²) < 4.78 is 11.0. The lowest BCUT2D eigenvalue weighted by atomic mass is 10.2. The van der Waals surface area contributed by atoms with Crippen LogP contribution in [0.1, 0.15) is 23.3 Å². The number of aromatic nitrogens is 2. The summed E-state index contributed by atoms with van der Waals surface area (Å²) >= 11 is 0. The van der Waals surface area contributed by atoms with Gasteiger partial charge < -0.3 is 14.5 Å². The standard InChI is InChI=1S/C18H17N3O3/c1-12(2)9-20-18(22)14-10-24-16(21-14)11-23-15-7-3-5-13-6-4-8-19-17(13)15/h3-8,10H,1,9,11H2,2H3,(H,20,22). The molecule has 0 bridgehead atoms. The summed E-state index contributed by atoms with van der Waals surface area (Å²) in [6, 6.07) is 9.52. The van der Waals surface area contributed by atoms with E-state index < -0.39 is 0 Å². The summed E-state index contributed by atoms with van der Waals surface area (Å²) in [7, 11) is 0. The molecule has 2 aromatic heterocycles. The first-order valence-corrected chi connectivity index (χ1v) is 7.47. The average Bonchev–Trinajstić information content (AvgIpc) is 3.07. The van der Waals surface area contributed by atoms with E-state index >= 15 is 0 Å². The molecule has 0 aliphatic carbocycles. The number of amides is 1. The van der Waals surface area contributed by atoms with Gasteiger partial charge in [-0.25, -0.2) is 4.98 Å². The SMILES string of the molecule is C=C(C)CNC(=O)c1coc(COc2cccc3cccnc23)n1. The van der Waals surface area contributed by atoms with Gasteiger partial charge in [0.05, 0.1) is 0 Å². The first-order valence-electron chi connectivity index (χ1n) is 7.47. The lowest BCUT2D eigenvalue weighted by Gasteiger charge is -2.06. The molecule has 1 N–H and O–H groups in total. The Bertz CT molecular complexity index is 881. The molecule has 1 amide bonds. The fourth-order valence-electron chi connectivity index (χ4n) is 2.14. The summed E-state index contributed by atoms with van der Waals surface area (Å²) in [6.45, 7) is 6.08. The molecule has 6 heteroatoms. The van der Waals surface area contributed by atoms with Crippen molar-refractivity contribution in [2.45, 2.75) is 13.5 Å². The molecule has 3 rings (SSSR count). The highest BCUT2D eigenvalue weighted by molar-refractivity contribution is 5.92. The molecule has 0 fully saturated rings. The van der Waals surface area contributed by atoms with Crippen LogP contribution in [-0.2, 0) is 6.61 Å². The van der Waals surface area contributed by atoms with Gasteiger partial charge in [0.25, 0.3) is 5.91 Å². The number of hydrogen-bond donors (Lipinski definition) is 1. The van der Waals surface area contributed by atoms with Gasteiger partial charge in [0.2, 0.25) is 5.89 Å². The highest BCUT2D eigenvalue weighted by atomic mass is 16.5. The zero-order chi connectivity index (χ0) is 16.9. The number of rotatable bonds is 6. The molecule has 3 aromatic rings. The van der Waals surface area contributed by atoms with Gasteiger partial charge in [0.15, 0.2) is 12.3 Å². The molecule has 0 spiro atoms. The van der Waals surface area contributed by atoms with Crippen molar-refractivity contribution in [2.75, 3.05) is 6.54 Å². The third-order valence-corrected chi connectivity index (χ3v) is 3.28. The predicted molar refractivity (Wildman–Crippen MR) is 89.7 cm³/mol. The summed E-state index contributed by atoms with van der Waals surface area (Å²) in [5.74, 6) is 0.655. The first-order chi connectivity index (χ1) is 11.6. The Morgan fingerprint density at radius 1 is 1.33 bits per heavy atom. The van der Waals surface area contributed by atoms with Crippen molar-refractivity contribution >= 4 is 16.8 Å². The van der Waals surface area contributed by atoms with Crippen LogP contribution in [0.15, 0.2) is 59.4 Å². The zero-order valence-electron chi connectivity index (χ0n) is 13.3. The van der Waals surface area contributed by atoms with Crippen LogP contribution in [0.25, 0.3) is 10.9 Å². The molecule has 0 saturated heterocycles. The fraction of sp³-hybridized carbons (Fsp3) is 0.167. The Kier molecular flexibility index (Phi) is 4.56. The Hall–Kier alpha value is -3.15. The van der Waals surface area contributed by atoms with Gasteiger partial charge in [0, 0.05) is 18.1 Å². The Morgan fingerprint density at radius 2 is 2.17 bits per heavy atom. The number of nitrogens with one attached hydrogen (secondary N) is 1. The lowest BCUT2D eigenvalue weighted by Crippen LogP contribution is -2.25. The fourth-order valence-corrected chi connectivity index (χ4v) is 2.14. The highest BCUT2D eigenvalue weighted by Crippen LogP contribution is 2.23. The first kappa shape index (κ1) is 15.7.